The molecule has 0 aliphatic carbocycles. The summed E-state index contributed by atoms with van der Waals surface area (Å²) < 4.78 is 0. The van der Waals surface area contributed by atoms with E-state index in [4.69, 9.17) is 22.5 Å². The lowest BCUT2D eigenvalue weighted by Gasteiger charge is -2.23. The van der Waals surface area contributed by atoms with Crippen LogP contribution in [0.1, 0.15) is 51.6 Å². The third kappa shape index (κ3) is 5.56. The zero-order valence-corrected chi connectivity index (χ0v) is 13.8. The van der Waals surface area contributed by atoms with Gasteiger partial charge in [0, 0.05) is 16.5 Å². The predicted octanol–water partition coefficient (Wildman–Crippen LogP) is 3.93. The molecule has 0 bridgehead atoms. The number of rotatable bonds is 8. The van der Waals surface area contributed by atoms with E-state index in [-0.39, 0.29) is 11.5 Å². The average molecular weight is 312 g/mol. The fraction of sp³-hybridized carbons (Fsp3) is 0.562. The van der Waals surface area contributed by atoms with Gasteiger partial charge in [0.05, 0.1) is 0 Å². The van der Waals surface area contributed by atoms with E-state index in [1.54, 1.807) is 0 Å². The van der Waals surface area contributed by atoms with E-state index < -0.39 is 0 Å². The van der Waals surface area contributed by atoms with Crippen molar-refractivity contribution in [3.05, 3.63) is 34.9 Å². The van der Waals surface area contributed by atoms with Crippen molar-refractivity contribution in [1.82, 2.24) is 5.32 Å². The van der Waals surface area contributed by atoms with E-state index in [2.05, 4.69) is 17.4 Å². The first-order chi connectivity index (χ1) is 9.88. The maximum Gasteiger partial charge on any atom is 0.144 e. The molecule has 0 amide bonds. The van der Waals surface area contributed by atoms with Crippen molar-refractivity contribution in [2.75, 3.05) is 6.54 Å². The number of oxime groups is 1. The Morgan fingerprint density at radius 3 is 2.67 bits per heavy atom. The lowest BCUT2D eigenvalue weighted by Crippen LogP contribution is -2.32. The molecule has 0 aliphatic heterocycles. The van der Waals surface area contributed by atoms with Gasteiger partial charge in [-0.25, -0.2) is 0 Å². The van der Waals surface area contributed by atoms with Crippen LogP contribution in [0, 0.1) is 5.41 Å². The summed E-state index contributed by atoms with van der Waals surface area (Å²) in [4.78, 5) is 0. The molecular weight excluding hydrogens is 286 g/mol. The van der Waals surface area contributed by atoms with E-state index in [0.29, 0.717) is 5.84 Å². The molecule has 5 heteroatoms. The summed E-state index contributed by atoms with van der Waals surface area (Å²) in [6, 6.07) is 8.12. The Kier molecular flexibility index (Phi) is 6.99. The minimum absolute atomic E-state index is 0.232. The van der Waals surface area contributed by atoms with Crippen LogP contribution in [0.15, 0.2) is 29.4 Å². The highest BCUT2D eigenvalue weighted by atomic mass is 35.5. The normalized spacial score (nSPS) is 14.2. The number of nitrogens with zero attached hydrogens (tertiary/aromatic N) is 1. The molecule has 1 atom stereocenters. The number of benzene rings is 1. The highest BCUT2D eigenvalue weighted by Crippen LogP contribution is 2.24. The second kappa shape index (κ2) is 8.25. The SMILES string of the molecule is CC(NCCCCC(C)(C)/C(N)=N/O)c1ccccc1Cl. The number of hydrogen-bond donors (Lipinski definition) is 3. The minimum atomic E-state index is -0.261. The van der Waals surface area contributed by atoms with Gasteiger partial charge >= 0.3 is 0 Å². The van der Waals surface area contributed by atoms with Crippen LogP contribution in [0.5, 0.6) is 0 Å². The molecule has 4 N–H and O–H groups in total. The van der Waals surface area contributed by atoms with Gasteiger partial charge in [0.2, 0.25) is 0 Å². The fourth-order valence-corrected chi connectivity index (χ4v) is 2.51. The van der Waals surface area contributed by atoms with Gasteiger partial charge in [-0.05, 0) is 37.9 Å². The zero-order chi connectivity index (χ0) is 15.9. The molecule has 0 saturated carbocycles. The van der Waals surface area contributed by atoms with Gasteiger partial charge in [-0.3, -0.25) is 0 Å². The van der Waals surface area contributed by atoms with E-state index in [1.165, 1.54) is 0 Å². The number of hydrogen-bond acceptors (Lipinski definition) is 3. The Morgan fingerprint density at radius 1 is 1.38 bits per heavy atom. The highest BCUT2D eigenvalue weighted by molar-refractivity contribution is 6.31. The third-order valence-electron chi connectivity index (χ3n) is 3.85. The Labute approximate surface area is 132 Å². The lowest BCUT2D eigenvalue weighted by atomic mass is 9.86. The molecule has 1 aromatic carbocycles. The minimum Gasteiger partial charge on any atom is -0.409 e. The first-order valence-electron chi connectivity index (χ1n) is 7.34. The second-order valence-corrected chi connectivity index (χ2v) is 6.43. The predicted molar refractivity (Wildman–Crippen MR) is 88.9 cm³/mol. The summed E-state index contributed by atoms with van der Waals surface area (Å²) in [5.74, 6) is 0.292. The second-order valence-electron chi connectivity index (χ2n) is 6.02. The lowest BCUT2D eigenvalue weighted by molar-refractivity contribution is 0.304. The molecule has 0 aliphatic rings. The summed E-state index contributed by atoms with van der Waals surface area (Å²) in [5.41, 5.74) is 6.54. The van der Waals surface area contributed by atoms with E-state index in [0.717, 1.165) is 36.4 Å². The molecule has 0 saturated heterocycles. The Bertz CT molecular complexity index is 474. The van der Waals surface area contributed by atoms with Crippen LogP contribution in [0.25, 0.3) is 0 Å². The monoisotopic (exact) mass is 311 g/mol. The molecular formula is C16H26ClN3O. The van der Waals surface area contributed by atoms with Crippen LogP contribution in [-0.2, 0) is 0 Å². The molecule has 4 nitrogen and oxygen atoms in total. The molecule has 0 aromatic heterocycles. The average Bonchev–Trinajstić information content (AvgIpc) is 2.46. The molecule has 0 spiro atoms. The van der Waals surface area contributed by atoms with E-state index in [9.17, 15) is 0 Å². The van der Waals surface area contributed by atoms with Gasteiger partial charge in [0.25, 0.3) is 0 Å². The van der Waals surface area contributed by atoms with Crippen molar-refractivity contribution >= 4 is 17.4 Å². The first kappa shape index (κ1) is 17.8. The van der Waals surface area contributed by atoms with Crippen LogP contribution in [0.2, 0.25) is 5.02 Å². The molecule has 1 unspecified atom stereocenters. The van der Waals surface area contributed by atoms with Crippen molar-refractivity contribution in [2.24, 2.45) is 16.3 Å². The van der Waals surface area contributed by atoms with Crippen LogP contribution < -0.4 is 11.1 Å². The van der Waals surface area contributed by atoms with Gasteiger partial charge < -0.3 is 16.3 Å². The molecule has 0 fully saturated rings. The van der Waals surface area contributed by atoms with Crippen molar-refractivity contribution in [1.29, 1.82) is 0 Å². The summed E-state index contributed by atoms with van der Waals surface area (Å²) in [6.45, 7) is 7.00. The smallest absolute Gasteiger partial charge is 0.144 e. The van der Waals surface area contributed by atoms with Crippen molar-refractivity contribution < 1.29 is 5.21 Å². The Hall–Kier alpha value is -1.26. The first-order valence-corrected chi connectivity index (χ1v) is 7.72. The van der Waals surface area contributed by atoms with Crippen LogP contribution >= 0.6 is 11.6 Å². The molecule has 0 radical (unpaired) electrons. The van der Waals surface area contributed by atoms with Crippen LogP contribution in [-0.4, -0.2) is 17.6 Å². The van der Waals surface area contributed by atoms with E-state index in [1.807, 2.05) is 38.1 Å². The number of unbranched alkanes of at least 4 members (excludes halogenated alkanes) is 1. The maximum atomic E-state index is 8.74. The van der Waals surface area contributed by atoms with Gasteiger partial charge in [-0.1, -0.05) is 55.2 Å². The molecule has 21 heavy (non-hydrogen) atoms. The van der Waals surface area contributed by atoms with Gasteiger partial charge in [-0.15, -0.1) is 0 Å². The quantitative estimate of drug-likeness (QED) is 0.224. The van der Waals surface area contributed by atoms with Crippen LogP contribution in [0.3, 0.4) is 0 Å². The van der Waals surface area contributed by atoms with Gasteiger partial charge in [-0.2, -0.15) is 0 Å². The molecule has 0 heterocycles. The third-order valence-corrected chi connectivity index (χ3v) is 4.20. The summed E-state index contributed by atoms with van der Waals surface area (Å²) in [6.07, 6.45) is 2.95. The maximum absolute atomic E-state index is 8.74. The fourth-order valence-electron chi connectivity index (χ4n) is 2.21. The zero-order valence-electron chi connectivity index (χ0n) is 13.1. The van der Waals surface area contributed by atoms with E-state index >= 15 is 0 Å². The van der Waals surface area contributed by atoms with Gasteiger partial charge in [0.1, 0.15) is 5.84 Å². The van der Waals surface area contributed by atoms with Crippen molar-refractivity contribution in [3.8, 4) is 0 Å². The highest BCUT2D eigenvalue weighted by Gasteiger charge is 2.22. The Morgan fingerprint density at radius 2 is 2.05 bits per heavy atom. The molecule has 1 rings (SSSR count). The standard InChI is InChI=1S/C16H26ClN3O/c1-12(13-8-4-5-9-14(13)17)19-11-7-6-10-16(2,3)15(18)20-21/h4-5,8-9,12,19,21H,6-7,10-11H2,1-3H3,(H2,18,20). The van der Waals surface area contributed by atoms with Crippen LogP contribution in [0.4, 0.5) is 0 Å². The summed E-state index contributed by atoms with van der Waals surface area (Å²) in [5, 5.41) is 16.1. The number of halogens is 1. The van der Waals surface area contributed by atoms with Crippen molar-refractivity contribution in [2.45, 2.75) is 46.1 Å². The summed E-state index contributed by atoms with van der Waals surface area (Å²) >= 11 is 6.18. The number of nitrogens with one attached hydrogen (secondary N) is 1. The summed E-state index contributed by atoms with van der Waals surface area (Å²) in [7, 11) is 0. The topological polar surface area (TPSA) is 70.6 Å². The number of amidine groups is 1. The molecule has 1 aromatic rings. The van der Waals surface area contributed by atoms with Crippen molar-refractivity contribution in [3.63, 3.8) is 0 Å². The Balaban J connectivity index is 2.31. The number of nitrogens with two attached hydrogens (primary N) is 1. The van der Waals surface area contributed by atoms with Gasteiger partial charge in [0.15, 0.2) is 0 Å². The molecule has 118 valence electrons. The largest absolute Gasteiger partial charge is 0.409 e.